The van der Waals surface area contributed by atoms with E-state index in [9.17, 15) is 28.1 Å². The molecule has 0 unspecified atom stereocenters. The van der Waals surface area contributed by atoms with Gasteiger partial charge in [-0.3, -0.25) is 24.0 Å². The van der Waals surface area contributed by atoms with E-state index >= 15 is 0 Å². The standard InChI is InChI=1S/C22H27BrN4O7S/c1-5-24-22(29)15(2)25(13-16-6-8-17(23)9-7-16)21(28)14-26(35(4,32)33)19-12-18(27(30)31)10-11-20(19)34-3/h6-12,15H,5,13-14H2,1-4H3,(H,24,29)/t15-/m1/s1. The zero-order valence-corrected chi connectivity index (χ0v) is 22.1. The topological polar surface area (TPSA) is 139 Å². The zero-order valence-electron chi connectivity index (χ0n) is 19.7. The molecule has 11 nitrogen and oxygen atoms in total. The van der Waals surface area contributed by atoms with Crippen molar-refractivity contribution in [2.45, 2.75) is 26.4 Å². The van der Waals surface area contributed by atoms with Gasteiger partial charge < -0.3 is 15.0 Å². The lowest BCUT2D eigenvalue weighted by atomic mass is 10.1. The third-order valence-electron chi connectivity index (χ3n) is 5.11. The quantitative estimate of drug-likeness (QED) is 0.323. The van der Waals surface area contributed by atoms with Crippen LogP contribution in [-0.2, 0) is 26.2 Å². The Balaban J connectivity index is 2.50. The van der Waals surface area contributed by atoms with Gasteiger partial charge in [-0.25, -0.2) is 8.42 Å². The number of nitrogens with one attached hydrogen (secondary N) is 1. The van der Waals surface area contributed by atoms with Crippen LogP contribution < -0.4 is 14.4 Å². The molecule has 0 aromatic heterocycles. The SMILES string of the molecule is CCNC(=O)[C@@H](C)N(Cc1ccc(Br)cc1)C(=O)CN(c1cc([N+](=O)[O-])ccc1OC)S(C)(=O)=O. The van der Waals surface area contributed by atoms with E-state index in [0.29, 0.717) is 6.54 Å². The minimum absolute atomic E-state index is 0.0325. The maximum Gasteiger partial charge on any atom is 0.271 e. The second kappa shape index (κ2) is 12.0. The number of nitrogens with zero attached hydrogens (tertiary/aromatic N) is 3. The molecule has 1 atom stereocenters. The number of likely N-dealkylation sites (N-methyl/N-ethyl adjacent to an activating group) is 1. The monoisotopic (exact) mass is 570 g/mol. The van der Waals surface area contributed by atoms with Crippen LogP contribution >= 0.6 is 15.9 Å². The Morgan fingerprint density at radius 2 is 1.83 bits per heavy atom. The van der Waals surface area contributed by atoms with Crippen molar-refractivity contribution in [1.82, 2.24) is 10.2 Å². The molecule has 0 fully saturated rings. The summed E-state index contributed by atoms with van der Waals surface area (Å²) < 4.78 is 32.1. The average molecular weight is 571 g/mol. The number of hydrogen-bond acceptors (Lipinski definition) is 7. The number of nitro benzene ring substituents is 1. The average Bonchev–Trinajstić information content (AvgIpc) is 2.80. The Hall–Kier alpha value is -3.19. The minimum Gasteiger partial charge on any atom is -0.495 e. The number of sulfonamides is 1. The summed E-state index contributed by atoms with van der Waals surface area (Å²) in [5.41, 5.74) is 0.188. The van der Waals surface area contributed by atoms with E-state index in [2.05, 4.69) is 21.2 Å². The Labute approximate surface area is 212 Å². The number of methoxy groups -OCH3 is 1. The molecule has 2 amide bonds. The van der Waals surface area contributed by atoms with Gasteiger partial charge in [0.25, 0.3) is 5.69 Å². The van der Waals surface area contributed by atoms with Crippen LogP contribution in [0.5, 0.6) is 5.75 Å². The summed E-state index contributed by atoms with van der Waals surface area (Å²) in [5.74, 6) is -1.05. The number of halogens is 1. The lowest BCUT2D eigenvalue weighted by molar-refractivity contribution is -0.384. The Morgan fingerprint density at radius 3 is 2.34 bits per heavy atom. The van der Waals surface area contributed by atoms with Crippen LogP contribution in [-0.4, -0.2) is 62.6 Å². The third kappa shape index (κ3) is 7.39. The molecule has 1 N–H and O–H groups in total. The highest BCUT2D eigenvalue weighted by atomic mass is 79.9. The predicted molar refractivity (Wildman–Crippen MR) is 135 cm³/mol. The summed E-state index contributed by atoms with van der Waals surface area (Å²) in [6.07, 6.45) is 0.880. The summed E-state index contributed by atoms with van der Waals surface area (Å²) in [7, 11) is -2.80. The molecule has 0 aliphatic rings. The van der Waals surface area contributed by atoms with Crippen molar-refractivity contribution >= 4 is 49.1 Å². The molecule has 0 saturated carbocycles. The van der Waals surface area contributed by atoms with E-state index in [-0.39, 0.29) is 23.7 Å². The number of ether oxygens (including phenoxy) is 1. The molecule has 13 heteroatoms. The van der Waals surface area contributed by atoms with E-state index in [0.717, 1.165) is 26.7 Å². The maximum absolute atomic E-state index is 13.5. The fourth-order valence-corrected chi connectivity index (χ4v) is 4.38. The highest BCUT2D eigenvalue weighted by molar-refractivity contribution is 9.10. The van der Waals surface area contributed by atoms with Gasteiger partial charge in [0.05, 0.1) is 18.3 Å². The van der Waals surface area contributed by atoms with Gasteiger partial charge in [-0.2, -0.15) is 0 Å². The molecule has 0 heterocycles. The normalized spacial score (nSPS) is 11.9. The second-order valence-corrected chi connectivity index (χ2v) is 10.4. The van der Waals surface area contributed by atoms with Gasteiger partial charge in [-0.05, 0) is 37.6 Å². The van der Waals surface area contributed by atoms with Crippen LogP contribution in [0.25, 0.3) is 0 Å². The second-order valence-electron chi connectivity index (χ2n) is 7.60. The van der Waals surface area contributed by atoms with Crippen molar-refractivity contribution in [2.24, 2.45) is 0 Å². The number of anilines is 1. The molecule has 0 aliphatic heterocycles. The first kappa shape index (κ1) is 28.1. The molecular formula is C22H27BrN4O7S. The summed E-state index contributed by atoms with van der Waals surface area (Å²) >= 11 is 3.35. The number of benzene rings is 2. The molecule has 0 bridgehead atoms. The third-order valence-corrected chi connectivity index (χ3v) is 6.76. The van der Waals surface area contributed by atoms with Crippen LogP contribution in [0.15, 0.2) is 46.9 Å². The van der Waals surface area contributed by atoms with E-state index in [1.807, 2.05) is 0 Å². The van der Waals surface area contributed by atoms with Gasteiger partial charge in [0, 0.05) is 29.7 Å². The van der Waals surface area contributed by atoms with Crippen LogP contribution in [0.1, 0.15) is 19.4 Å². The highest BCUT2D eigenvalue weighted by Crippen LogP contribution is 2.33. The highest BCUT2D eigenvalue weighted by Gasteiger charge is 2.31. The van der Waals surface area contributed by atoms with Gasteiger partial charge >= 0.3 is 0 Å². The summed E-state index contributed by atoms with van der Waals surface area (Å²) in [4.78, 5) is 37.9. The molecule has 190 valence electrons. The predicted octanol–water partition coefficient (Wildman–Crippen LogP) is 2.69. The number of carbonyl (C=O) groups excluding carboxylic acids is 2. The Morgan fingerprint density at radius 1 is 1.20 bits per heavy atom. The molecule has 0 aliphatic carbocycles. The molecule has 0 radical (unpaired) electrons. The number of amides is 2. The van der Waals surface area contributed by atoms with Crippen LogP contribution in [0.2, 0.25) is 0 Å². The first-order valence-electron chi connectivity index (χ1n) is 10.5. The first-order chi connectivity index (χ1) is 16.4. The fraction of sp³-hybridized carbons (Fsp3) is 0.364. The number of hydrogen-bond donors (Lipinski definition) is 1. The summed E-state index contributed by atoms with van der Waals surface area (Å²) in [6.45, 7) is 2.97. The largest absolute Gasteiger partial charge is 0.495 e. The van der Waals surface area contributed by atoms with E-state index in [4.69, 9.17) is 4.74 Å². The fourth-order valence-electron chi connectivity index (χ4n) is 3.27. The molecule has 0 spiro atoms. The zero-order chi connectivity index (χ0) is 26.3. The molecule has 2 rings (SSSR count). The number of rotatable bonds is 11. The lowest BCUT2D eigenvalue weighted by Gasteiger charge is -2.31. The van der Waals surface area contributed by atoms with Crippen molar-refractivity contribution in [2.75, 3.05) is 30.8 Å². The molecule has 2 aromatic rings. The number of non-ortho nitro benzene ring substituents is 1. The van der Waals surface area contributed by atoms with Crippen molar-refractivity contribution in [1.29, 1.82) is 0 Å². The van der Waals surface area contributed by atoms with Crippen molar-refractivity contribution < 1.29 is 27.7 Å². The van der Waals surface area contributed by atoms with Crippen molar-refractivity contribution in [3.05, 3.63) is 62.6 Å². The van der Waals surface area contributed by atoms with Crippen molar-refractivity contribution in [3.63, 3.8) is 0 Å². The van der Waals surface area contributed by atoms with Crippen molar-refractivity contribution in [3.8, 4) is 5.75 Å². The molecule has 0 saturated heterocycles. The Kier molecular flexibility index (Phi) is 9.60. The maximum atomic E-state index is 13.5. The smallest absolute Gasteiger partial charge is 0.271 e. The minimum atomic E-state index is -4.08. The van der Waals surface area contributed by atoms with Crippen LogP contribution in [0.4, 0.5) is 11.4 Å². The summed E-state index contributed by atoms with van der Waals surface area (Å²) in [6, 6.07) is 9.64. The number of carbonyl (C=O) groups is 2. The van der Waals surface area contributed by atoms with Crippen LogP contribution in [0, 0.1) is 10.1 Å². The first-order valence-corrected chi connectivity index (χ1v) is 13.1. The van der Waals surface area contributed by atoms with Gasteiger partial charge in [-0.1, -0.05) is 28.1 Å². The molecule has 2 aromatic carbocycles. The lowest BCUT2D eigenvalue weighted by Crippen LogP contribution is -2.51. The van der Waals surface area contributed by atoms with Gasteiger partial charge in [0.15, 0.2) is 0 Å². The van der Waals surface area contributed by atoms with E-state index in [1.165, 1.54) is 24.1 Å². The van der Waals surface area contributed by atoms with E-state index in [1.54, 1.807) is 38.1 Å². The number of nitro groups is 1. The van der Waals surface area contributed by atoms with Gasteiger partial charge in [0.1, 0.15) is 24.0 Å². The Bertz CT molecular complexity index is 1190. The molecular weight excluding hydrogens is 544 g/mol. The summed E-state index contributed by atoms with van der Waals surface area (Å²) in [5, 5.41) is 13.9. The molecule has 35 heavy (non-hydrogen) atoms. The van der Waals surface area contributed by atoms with Crippen LogP contribution in [0.3, 0.4) is 0 Å². The van der Waals surface area contributed by atoms with E-state index < -0.39 is 39.3 Å². The van der Waals surface area contributed by atoms with Gasteiger partial charge in [0.2, 0.25) is 21.8 Å². The van der Waals surface area contributed by atoms with Gasteiger partial charge in [-0.15, -0.1) is 0 Å².